The molecule has 0 atom stereocenters. The summed E-state index contributed by atoms with van der Waals surface area (Å²) < 4.78 is 5.73. The Balaban J connectivity index is 2.07. The first-order chi connectivity index (χ1) is 10.1. The molecule has 0 saturated heterocycles. The van der Waals surface area contributed by atoms with Crippen molar-refractivity contribution in [2.24, 2.45) is 0 Å². The van der Waals surface area contributed by atoms with Crippen LogP contribution in [-0.2, 0) is 6.54 Å². The standard InChI is InChI=1S/C16H16Cl3NO/c1-2-7-20-10-11-3-4-12(8-15(11)18)21-13-5-6-14(17)16(19)9-13/h3-6,8-9,20H,2,7,10H2,1H3. The molecule has 0 spiro atoms. The zero-order valence-corrected chi connectivity index (χ0v) is 13.9. The molecule has 2 aromatic carbocycles. The third-order valence-corrected chi connectivity index (χ3v) is 3.98. The number of hydrogen-bond donors (Lipinski definition) is 1. The SMILES string of the molecule is CCCNCc1ccc(Oc2ccc(Cl)c(Cl)c2)cc1Cl. The zero-order chi connectivity index (χ0) is 15.2. The Labute approximate surface area is 140 Å². The molecule has 0 aliphatic rings. The van der Waals surface area contributed by atoms with Gasteiger partial charge in [-0.3, -0.25) is 0 Å². The van der Waals surface area contributed by atoms with Crippen LogP contribution in [0.25, 0.3) is 0 Å². The van der Waals surface area contributed by atoms with Gasteiger partial charge in [0.2, 0.25) is 0 Å². The van der Waals surface area contributed by atoms with E-state index in [1.807, 2.05) is 12.1 Å². The third-order valence-electron chi connectivity index (χ3n) is 2.89. The van der Waals surface area contributed by atoms with Crippen molar-refractivity contribution in [1.82, 2.24) is 5.32 Å². The summed E-state index contributed by atoms with van der Waals surface area (Å²) in [6, 6.07) is 10.8. The molecule has 2 rings (SSSR count). The fourth-order valence-electron chi connectivity index (χ4n) is 1.81. The second kappa shape index (κ2) is 7.90. The Hall–Kier alpha value is -0.930. The molecule has 0 aliphatic heterocycles. The van der Waals surface area contributed by atoms with Gasteiger partial charge in [-0.1, -0.05) is 47.8 Å². The van der Waals surface area contributed by atoms with Crippen molar-refractivity contribution >= 4 is 34.8 Å². The van der Waals surface area contributed by atoms with E-state index in [1.54, 1.807) is 24.3 Å². The van der Waals surface area contributed by atoms with E-state index in [2.05, 4.69) is 12.2 Å². The summed E-state index contributed by atoms with van der Waals surface area (Å²) in [6.07, 6.45) is 1.09. The average molecular weight is 345 g/mol. The molecule has 2 nitrogen and oxygen atoms in total. The molecule has 0 saturated carbocycles. The van der Waals surface area contributed by atoms with Crippen LogP contribution >= 0.6 is 34.8 Å². The minimum absolute atomic E-state index is 0.459. The van der Waals surface area contributed by atoms with Crippen LogP contribution in [0.5, 0.6) is 11.5 Å². The predicted molar refractivity (Wildman–Crippen MR) is 90.0 cm³/mol. The van der Waals surface area contributed by atoms with Crippen molar-refractivity contribution < 1.29 is 4.74 Å². The van der Waals surface area contributed by atoms with Gasteiger partial charge in [0.25, 0.3) is 0 Å². The lowest BCUT2D eigenvalue weighted by molar-refractivity contribution is 0.482. The van der Waals surface area contributed by atoms with E-state index >= 15 is 0 Å². The van der Waals surface area contributed by atoms with Gasteiger partial charge < -0.3 is 10.1 Å². The maximum absolute atomic E-state index is 6.26. The Morgan fingerprint density at radius 1 is 0.905 bits per heavy atom. The van der Waals surface area contributed by atoms with Crippen LogP contribution < -0.4 is 10.1 Å². The van der Waals surface area contributed by atoms with Crippen molar-refractivity contribution in [3.05, 3.63) is 57.0 Å². The molecule has 112 valence electrons. The number of hydrogen-bond acceptors (Lipinski definition) is 2. The van der Waals surface area contributed by atoms with Crippen molar-refractivity contribution in [3.8, 4) is 11.5 Å². The maximum Gasteiger partial charge on any atom is 0.129 e. The van der Waals surface area contributed by atoms with Gasteiger partial charge in [0, 0.05) is 17.6 Å². The number of halogens is 3. The minimum Gasteiger partial charge on any atom is -0.457 e. The van der Waals surface area contributed by atoms with Crippen LogP contribution in [0.1, 0.15) is 18.9 Å². The molecular weight excluding hydrogens is 329 g/mol. The summed E-state index contributed by atoms with van der Waals surface area (Å²) in [6.45, 7) is 3.85. The summed E-state index contributed by atoms with van der Waals surface area (Å²) in [5.74, 6) is 1.29. The van der Waals surface area contributed by atoms with Crippen LogP contribution in [0.3, 0.4) is 0 Å². The van der Waals surface area contributed by atoms with E-state index in [0.717, 1.165) is 25.1 Å². The van der Waals surface area contributed by atoms with Gasteiger partial charge in [0.1, 0.15) is 11.5 Å². The van der Waals surface area contributed by atoms with Crippen LogP contribution in [0.2, 0.25) is 15.1 Å². The van der Waals surface area contributed by atoms with Crippen LogP contribution in [0.15, 0.2) is 36.4 Å². The molecule has 1 N–H and O–H groups in total. The van der Waals surface area contributed by atoms with Crippen LogP contribution in [-0.4, -0.2) is 6.54 Å². The lowest BCUT2D eigenvalue weighted by Gasteiger charge is -2.10. The highest BCUT2D eigenvalue weighted by Crippen LogP contribution is 2.31. The highest BCUT2D eigenvalue weighted by molar-refractivity contribution is 6.42. The van der Waals surface area contributed by atoms with Crippen molar-refractivity contribution in [1.29, 1.82) is 0 Å². The lowest BCUT2D eigenvalue weighted by atomic mass is 10.2. The molecular formula is C16H16Cl3NO. The first-order valence-electron chi connectivity index (χ1n) is 6.72. The topological polar surface area (TPSA) is 21.3 Å². The molecule has 21 heavy (non-hydrogen) atoms. The molecule has 2 aromatic rings. The normalized spacial score (nSPS) is 10.7. The number of benzene rings is 2. The van der Waals surface area contributed by atoms with Crippen molar-refractivity contribution in [2.45, 2.75) is 19.9 Å². The first kappa shape index (κ1) is 16.4. The molecule has 0 aliphatic carbocycles. The number of nitrogens with one attached hydrogen (secondary N) is 1. The fraction of sp³-hybridized carbons (Fsp3) is 0.250. The lowest BCUT2D eigenvalue weighted by Crippen LogP contribution is -2.13. The number of rotatable bonds is 6. The molecule has 0 aromatic heterocycles. The molecule has 0 fully saturated rings. The Morgan fingerprint density at radius 3 is 2.19 bits per heavy atom. The van der Waals surface area contributed by atoms with E-state index in [9.17, 15) is 0 Å². The van der Waals surface area contributed by atoms with Gasteiger partial charge >= 0.3 is 0 Å². The van der Waals surface area contributed by atoms with Gasteiger partial charge in [-0.15, -0.1) is 0 Å². The Bertz CT molecular complexity index is 616. The third kappa shape index (κ3) is 4.79. The second-order valence-electron chi connectivity index (χ2n) is 4.61. The molecule has 0 amide bonds. The van der Waals surface area contributed by atoms with E-state index in [4.69, 9.17) is 39.5 Å². The minimum atomic E-state index is 0.459. The summed E-state index contributed by atoms with van der Waals surface area (Å²) in [5, 5.41) is 4.95. The quantitative estimate of drug-likeness (QED) is 0.655. The maximum atomic E-state index is 6.26. The van der Waals surface area contributed by atoms with Gasteiger partial charge in [0.05, 0.1) is 10.0 Å². The molecule has 0 radical (unpaired) electrons. The van der Waals surface area contributed by atoms with E-state index in [1.165, 1.54) is 0 Å². The summed E-state index contributed by atoms with van der Waals surface area (Å²) in [5.41, 5.74) is 1.05. The summed E-state index contributed by atoms with van der Waals surface area (Å²) in [7, 11) is 0. The largest absolute Gasteiger partial charge is 0.457 e. The first-order valence-corrected chi connectivity index (χ1v) is 7.85. The predicted octanol–water partition coefficient (Wildman–Crippen LogP) is 5.94. The van der Waals surface area contributed by atoms with E-state index < -0.39 is 0 Å². The van der Waals surface area contributed by atoms with Crippen molar-refractivity contribution in [3.63, 3.8) is 0 Å². The smallest absolute Gasteiger partial charge is 0.129 e. The molecule has 0 bridgehead atoms. The van der Waals surface area contributed by atoms with Crippen LogP contribution in [0, 0.1) is 0 Å². The Morgan fingerprint density at radius 2 is 1.57 bits per heavy atom. The monoisotopic (exact) mass is 343 g/mol. The summed E-state index contributed by atoms with van der Waals surface area (Å²) >= 11 is 18.1. The van der Waals surface area contributed by atoms with Gasteiger partial charge in [-0.25, -0.2) is 0 Å². The van der Waals surface area contributed by atoms with E-state index in [0.29, 0.717) is 26.6 Å². The number of ether oxygens (including phenoxy) is 1. The molecule has 5 heteroatoms. The summed E-state index contributed by atoms with van der Waals surface area (Å²) in [4.78, 5) is 0. The second-order valence-corrected chi connectivity index (χ2v) is 5.83. The van der Waals surface area contributed by atoms with Crippen LogP contribution in [0.4, 0.5) is 0 Å². The average Bonchev–Trinajstić information content (AvgIpc) is 2.45. The van der Waals surface area contributed by atoms with Crippen molar-refractivity contribution in [2.75, 3.05) is 6.54 Å². The highest BCUT2D eigenvalue weighted by atomic mass is 35.5. The zero-order valence-electron chi connectivity index (χ0n) is 11.6. The fourth-order valence-corrected chi connectivity index (χ4v) is 2.34. The van der Waals surface area contributed by atoms with Gasteiger partial charge in [-0.2, -0.15) is 0 Å². The molecule has 0 unspecified atom stereocenters. The molecule has 0 heterocycles. The van der Waals surface area contributed by atoms with Gasteiger partial charge in [-0.05, 0) is 42.8 Å². The van der Waals surface area contributed by atoms with E-state index in [-0.39, 0.29) is 0 Å². The highest BCUT2D eigenvalue weighted by Gasteiger charge is 2.05. The Kier molecular flexibility index (Phi) is 6.19. The van der Waals surface area contributed by atoms with Gasteiger partial charge in [0.15, 0.2) is 0 Å².